The quantitative estimate of drug-likeness (QED) is 0.591. The Labute approximate surface area is 93.7 Å². The summed E-state index contributed by atoms with van der Waals surface area (Å²) in [6, 6.07) is 8.04. The lowest BCUT2D eigenvalue weighted by Crippen LogP contribution is -2.18. The summed E-state index contributed by atoms with van der Waals surface area (Å²) in [5.74, 6) is -0.310. The lowest BCUT2D eigenvalue weighted by atomic mass is 10.2. The first kappa shape index (κ1) is 13.7. The summed E-state index contributed by atoms with van der Waals surface area (Å²) >= 11 is 0. The minimum Gasteiger partial charge on any atom is -0.458 e. The molecule has 0 atom stereocenters. The summed E-state index contributed by atoms with van der Waals surface area (Å²) < 4.78 is 4.82. The minimum atomic E-state index is -0.833. The lowest BCUT2D eigenvalue weighted by Gasteiger charge is -1.99. The van der Waals surface area contributed by atoms with Gasteiger partial charge in [-0.25, -0.2) is 9.59 Å². The van der Waals surface area contributed by atoms with Crippen LogP contribution in [0.1, 0.15) is 10.4 Å². The van der Waals surface area contributed by atoms with E-state index >= 15 is 0 Å². The first-order valence-corrected chi connectivity index (χ1v) is 4.46. The van der Waals surface area contributed by atoms with Crippen molar-refractivity contribution in [1.82, 2.24) is 0 Å². The van der Waals surface area contributed by atoms with Gasteiger partial charge in [0.2, 0.25) is 0 Å². The highest BCUT2D eigenvalue weighted by molar-refractivity contribution is 5.89. The van der Waals surface area contributed by atoms with Crippen LogP contribution in [-0.4, -0.2) is 18.6 Å². The molecule has 86 valence electrons. The van der Waals surface area contributed by atoms with Gasteiger partial charge in [-0.3, -0.25) is 0 Å². The van der Waals surface area contributed by atoms with Crippen molar-refractivity contribution in [1.29, 1.82) is 0 Å². The molecule has 1 aromatic carbocycles. The van der Waals surface area contributed by atoms with Crippen LogP contribution >= 0.6 is 0 Å². The second-order valence-corrected chi connectivity index (χ2v) is 2.66. The van der Waals surface area contributed by atoms with Gasteiger partial charge in [-0.2, -0.15) is 0 Å². The van der Waals surface area contributed by atoms with Crippen molar-refractivity contribution in [2.45, 2.75) is 0 Å². The molecule has 0 aliphatic carbocycles. The zero-order chi connectivity index (χ0) is 12.4. The SMILES string of the molecule is C=CCOC(=O)c1ccccc1.NC(N)=O. The van der Waals surface area contributed by atoms with Gasteiger partial charge in [0.15, 0.2) is 0 Å². The van der Waals surface area contributed by atoms with Crippen LogP contribution in [0.25, 0.3) is 0 Å². The average Bonchev–Trinajstić information content (AvgIpc) is 2.26. The number of rotatable bonds is 3. The highest BCUT2D eigenvalue weighted by atomic mass is 16.5. The van der Waals surface area contributed by atoms with E-state index in [1.165, 1.54) is 0 Å². The molecular weight excluding hydrogens is 208 g/mol. The standard InChI is InChI=1S/C10H10O2.CH4N2O/c1-2-8-12-10(11)9-6-4-3-5-7-9;2-1(3)4/h2-7H,1,8H2;(H4,2,3,4). The van der Waals surface area contributed by atoms with Gasteiger partial charge in [0.1, 0.15) is 6.61 Å². The van der Waals surface area contributed by atoms with Gasteiger partial charge in [0, 0.05) is 0 Å². The maximum Gasteiger partial charge on any atom is 0.338 e. The summed E-state index contributed by atoms with van der Waals surface area (Å²) in [6.07, 6.45) is 1.54. The molecule has 5 nitrogen and oxygen atoms in total. The molecule has 0 radical (unpaired) electrons. The van der Waals surface area contributed by atoms with E-state index in [9.17, 15) is 4.79 Å². The van der Waals surface area contributed by atoms with Crippen LogP contribution < -0.4 is 11.5 Å². The predicted molar refractivity (Wildman–Crippen MR) is 60.7 cm³/mol. The fraction of sp³-hybridized carbons (Fsp3) is 0.0909. The van der Waals surface area contributed by atoms with Crippen LogP contribution in [0.2, 0.25) is 0 Å². The van der Waals surface area contributed by atoms with Crippen LogP contribution in [-0.2, 0) is 4.74 Å². The number of esters is 1. The van der Waals surface area contributed by atoms with Crippen molar-refractivity contribution in [3.8, 4) is 0 Å². The zero-order valence-electron chi connectivity index (χ0n) is 8.76. The molecular formula is C11H14N2O3. The Morgan fingerprint density at radius 3 is 2.19 bits per heavy atom. The van der Waals surface area contributed by atoms with E-state index < -0.39 is 6.03 Å². The molecule has 0 unspecified atom stereocenters. The van der Waals surface area contributed by atoms with Gasteiger partial charge in [0.05, 0.1) is 5.56 Å². The van der Waals surface area contributed by atoms with Gasteiger partial charge in [-0.15, -0.1) is 0 Å². The molecule has 5 heteroatoms. The van der Waals surface area contributed by atoms with E-state index in [0.717, 1.165) is 0 Å². The van der Waals surface area contributed by atoms with Gasteiger partial charge in [0.25, 0.3) is 0 Å². The molecule has 1 aromatic rings. The van der Waals surface area contributed by atoms with Crippen LogP contribution in [0.4, 0.5) is 4.79 Å². The largest absolute Gasteiger partial charge is 0.458 e. The van der Waals surface area contributed by atoms with Crippen molar-refractivity contribution in [3.05, 3.63) is 48.6 Å². The smallest absolute Gasteiger partial charge is 0.338 e. The molecule has 4 N–H and O–H groups in total. The van der Waals surface area contributed by atoms with Crippen molar-refractivity contribution < 1.29 is 14.3 Å². The van der Waals surface area contributed by atoms with Crippen LogP contribution in [0.15, 0.2) is 43.0 Å². The molecule has 0 fully saturated rings. The Balaban J connectivity index is 0.000000487. The first-order valence-electron chi connectivity index (χ1n) is 4.46. The van der Waals surface area contributed by atoms with Crippen molar-refractivity contribution in [2.24, 2.45) is 11.5 Å². The number of carbonyl (C=O) groups excluding carboxylic acids is 2. The van der Waals surface area contributed by atoms with Crippen molar-refractivity contribution in [2.75, 3.05) is 6.61 Å². The number of hydrogen-bond acceptors (Lipinski definition) is 3. The third-order valence-corrected chi connectivity index (χ3v) is 1.34. The average molecular weight is 222 g/mol. The van der Waals surface area contributed by atoms with E-state index in [0.29, 0.717) is 5.56 Å². The van der Waals surface area contributed by atoms with E-state index in [-0.39, 0.29) is 12.6 Å². The molecule has 0 saturated heterocycles. The molecule has 0 saturated carbocycles. The van der Waals surface area contributed by atoms with E-state index in [1.54, 1.807) is 30.3 Å². The third-order valence-electron chi connectivity index (χ3n) is 1.34. The molecule has 1 rings (SSSR count). The highest BCUT2D eigenvalue weighted by Gasteiger charge is 2.02. The number of hydrogen-bond donors (Lipinski definition) is 2. The second-order valence-electron chi connectivity index (χ2n) is 2.66. The Hall–Kier alpha value is -2.30. The Morgan fingerprint density at radius 2 is 1.75 bits per heavy atom. The van der Waals surface area contributed by atoms with Gasteiger partial charge < -0.3 is 16.2 Å². The number of nitrogens with two attached hydrogens (primary N) is 2. The normalized spacial score (nSPS) is 8.25. The zero-order valence-corrected chi connectivity index (χ0v) is 8.76. The number of carbonyl (C=O) groups is 2. The Morgan fingerprint density at radius 1 is 1.25 bits per heavy atom. The Bertz CT molecular complexity index is 346. The maximum absolute atomic E-state index is 11.1. The number of ether oxygens (including phenoxy) is 1. The topological polar surface area (TPSA) is 95.4 Å². The lowest BCUT2D eigenvalue weighted by molar-refractivity contribution is 0.0549. The van der Waals surface area contributed by atoms with E-state index in [2.05, 4.69) is 18.0 Å². The van der Waals surface area contributed by atoms with Gasteiger partial charge in [-0.05, 0) is 12.1 Å². The number of primary amides is 2. The molecule has 0 spiro atoms. The molecule has 2 amide bonds. The number of urea groups is 1. The molecule has 0 aliphatic heterocycles. The highest BCUT2D eigenvalue weighted by Crippen LogP contribution is 2.00. The van der Waals surface area contributed by atoms with Crippen molar-refractivity contribution in [3.63, 3.8) is 0 Å². The third kappa shape index (κ3) is 7.14. The number of benzene rings is 1. The molecule has 16 heavy (non-hydrogen) atoms. The summed E-state index contributed by atoms with van der Waals surface area (Å²) in [4.78, 5) is 20.1. The second kappa shape index (κ2) is 8.05. The number of amides is 2. The minimum absolute atomic E-state index is 0.258. The first-order chi connectivity index (χ1) is 7.57. The summed E-state index contributed by atoms with van der Waals surface area (Å²) in [7, 11) is 0. The van der Waals surface area contributed by atoms with Crippen molar-refractivity contribution >= 4 is 12.0 Å². The van der Waals surface area contributed by atoms with Gasteiger partial charge >= 0.3 is 12.0 Å². The molecule has 0 heterocycles. The van der Waals surface area contributed by atoms with E-state index in [1.807, 2.05) is 6.07 Å². The van der Waals surface area contributed by atoms with Crippen LogP contribution in [0.3, 0.4) is 0 Å². The molecule has 0 aromatic heterocycles. The molecule has 0 aliphatic rings. The predicted octanol–water partition coefficient (Wildman–Crippen LogP) is 1.05. The monoisotopic (exact) mass is 222 g/mol. The summed E-state index contributed by atoms with van der Waals surface area (Å²) in [5.41, 5.74) is 9.07. The summed E-state index contributed by atoms with van der Waals surface area (Å²) in [6.45, 7) is 3.71. The van der Waals surface area contributed by atoms with Gasteiger partial charge in [-0.1, -0.05) is 30.9 Å². The fourth-order valence-electron chi connectivity index (χ4n) is 0.792. The maximum atomic E-state index is 11.1. The van der Waals surface area contributed by atoms with Crippen LogP contribution in [0, 0.1) is 0 Å². The summed E-state index contributed by atoms with van der Waals surface area (Å²) in [5, 5.41) is 0. The van der Waals surface area contributed by atoms with Crippen LogP contribution in [0.5, 0.6) is 0 Å². The Kier molecular flexibility index (Phi) is 6.89. The van der Waals surface area contributed by atoms with E-state index in [4.69, 9.17) is 9.53 Å². The molecule has 0 bridgehead atoms. The fourth-order valence-corrected chi connectivity index (χ4v) is 0.792.